The van der Waals surface area contributed by atoms with Gasteiger partial charge in [-0.1, -0.05) is 174 Å². The van der Waals surface area contributed by atoms with Crippen molar-refractivity contribution in [1.29, 1.82) is 0 Å². The molecular weight excluding hydrogens is 1030 g/mol. The van der Waals surface area contributed by atoms with E-state index in [0.29, 0.717) is 6.61 Å². The zero-order valence-electron chi connectivity index (χ0n) is 54.7. The first-order valence-corrected chi connectivity index (χ1v) is 42.1. The normalized spacial score (nSPS) is 23.9. The average molecular weight is 1150 g/mol. The summed E-state index contributed by atoms with van der Waals surface area (Å²) in [5.41, 5.74) is 2.43. The third-order valence-electron chi connectivity index (χ3n) is 18.9. The molecule has 0 unspecified atom stereocenters. The van der Waals surface area contributed by atoms with Crippen LogP contribution >= 0.6 is 11.8 Å². The molecule has 1 aliphatic rings. The topological polar surface area (TPSA) is 81.7 Å². The number of hydrogen-bond donors (Lipinski definition) is 0. The molecule has 0 saturated carbocycles. The number of benzene rings is 1. The van der Waals surface area contributed by atoms with Gasteiger partial charge in [-0.05, 0) is 127 Å². The average Bonchev–Trinajstić information content (AvgIpc) is 3.27. The van der Waals surface area contributed by atoms with Gasteiger partial charge in [-0.15, -0.1) is 11.8 Å². The van der Waals surface area contributed by atoms with Gasteiger partial charge in [0.25, 0.3) is 0 Å². The minimum atomic E-state index is -2.26. The van der Waals surface area contributed by atoms with Crippen molar-refractivity contribution < 1.29 is 36.7 Å². The van der Waals surface area contributed by atoms with Gasteiger partial charge in [-0.25, -0.2) is 0 Å². The van der Waals surface area contributed by atoms with E-state index in [0.717, 1.165) is 36.2 Å². The first kappa shape index (κ1) is 71.3. The fourth-order valence-corrected chi connectivity index (χ4v) is 16.3. The van der Waals surface area contributed by atoms with Crippen LogP contribution in [0.4, 0.5) is 0 Å². The zero-order chi connectivity index (χ0) is 59.0. The number of carbonyl (C=O) groups is 1. The highest BCUT2D eigenvalue weighted by atomic mass is 32.2. The van der Waals surface area contributed by atoms with E-state index in [9.17, 15) is 4.79 Å². The lowest BCUT2D eigenvalue weighted by Gasteiger charge is -2.50. The Morgan fingerprint density at radius 3 is 1.61 bits per heavy atom. The number of hydrogen-bond acceptors (Lipinski definition) is 9. The lowest BCUT2D eigenvalue weighted by molar-refractivity contribution is -0.134. The SMILES string of the molecule is CCS[C@@H]1O[C@H](C[C@H](/C=C\[C@@H](C)[C@@H](O[Si](C)(C)C(C)(C)C)[C@H](C)/C=C(/C)C[C@@H](C)[C@H](O[Si](C)(C)C(C)(C)C)[C@@H](C)[C@H](OCc2ccc(OC)cc2)[C@@H](C)C=O)O[Si](C)(C)C(C)(C)C)[C@@H](C)[C@@H](O[Si](C)(C)C(C)(C)C)[C@@H]1C. The molecule has 0 N–H and O–H groups in total. The predicted octanol–water partition coefficient (Wildman–Crippen LogP) is 18.6. The van der Waals surface area contributed by atoms with Crippen LogP contribution < -0.4 is 4.74 Å². The summed E-state index contributed by atoms with van der Waals surface area (Å²) in [6.07, 6.45) is 9.40. The molecule has 0 spiro atoms. The monoisotopic (exact) mass is 1150 g/mol. The molecule has 0 aliphatic carbocycles. The molecule has 0 radical (unpaired) electrons. The van der Waals surface area contributed by atoms with Crippen LogP contribution in [0.15, 0.2) is 48.1 Å². The fraction of sp³-hybridized carbons (Fsp3) is 0.825. The van der Waals surface area contributed by atoms with Crippen LogP contribution in [0.5, 0.6) is 5.75 Å². The summed E-state index contributed by atoms with van der Waals surface area (Å²) >= 11 is 1.92. The van der Waals surface area contributed by atoms with Gasteiger partial charge < -0.3 is 36.7 Å². The highest BCUT2D eigenvalue weighted by Gasteiger charge is 2.50. The van der Waals surface area contributed by atoms with Gasteiger partial charge >= 0.3 is 0 Å². The Balaban J connectivity index is 2.69. The molecule has 76 heavy (non-hydrogen) atoms. The maximum absolute atomic E-state index is 12.6. The summed E-state index contributed by atoms with van der Waals surface area (Å²) in [5.74, 6) is 2.30. The second kappa shape index (κ2) is 28.4. The molecular formula is C63H120O8SSi4. The highest BCUT2D eigenvalue weighted by molar-refractivity contribution is 7.99. The standard InChI is InChI=1S/C63H120O8SSi4/c1-31-72-59-50(9)58(71-76(29,30)63(19,20)21)48(7)54(67-59)40-53(68-73(23,24)60(10,11)12)35-32-44(3)55(69-74(25,26)61(13,14)15)45(4)38-43(2)39-46(5)57(70-75(27,28)62(16,17)18)49(8)56(47(6)41-64)66-42-51-33-36-52(65-22)37-34-51/h32-38,41,44-50,53-59H,31,39-40,42H2,1-30H3/b35-32-,43-38-/t44-,45-,46-,47+,48-,49+,50+,53+,54-,55-,56-,57+,58-,59+/m1/s1. The molecule has 1 fully saturated rings. The lowest BCUT2D eigenvalue weighted by atomic mass is 9.81. The number of thioether (sulfide) groups is 1. The summed E-state index contributed by atoms with van der Waals surface area (Å²) < 4.78 is 49.1. The van der Waals surface area contributed by atoms with Crippen LogP contribution in [0.25, 0.3) is 0 Å². The summed E-state index contributed by atoms with van der Waals surface area (Å²) in [7, 11) is -7.09. The van der Waals surface area contributed by atoms with E-state index in [2.05, 4.69) is 209 Å². The molecule has 1 aliphatic heterocycles. The van der Waals surface area contributed by atoms with Crippen LogP contribution in [0.2, 0.25) is 72.5 Å². The van der Waals surface area contributed by atoms with Crippen molar-refractivity contribution in [2.75, 3.05) is 12.9 Å². The number of allylic oxidation sites excluding steroid dienone is 1. The molecule has 0 bridgehead atoms. The third-order valence-corrected chi connectivity index (χ3v) is 38.0. The molecule has 0 aromatic heterocycles. The predicted molar refractivity (Wildman–Crippen MR) is 339 cm³/mol. The van der Waals surface area contributed by atoms with E-state index < -0.39 is 33.3 Å². The van der Waals surface area contributed by atoms with Crippen molar-refractivity contribution in [2.24, 2.45) is 41.4 Å². The van der Waals surface area contributed by atoms with Gasteiger partial charge in [0.1, 0.15) is 17.5 Å². The van der Waals surface area contributed by atoms with E-state index in [-0.39, 0.29) is 104 Å². The van der Waals surface area contributed by atoms with Crippen molar-refractivity contribution in [2.45, 2.75) is 279 Å². The van der Waals surface area contributed by atoms with Crippen molar-refractivity contribution in [1.82, 2.24) is 0 Å². The van der Waals surface area contributed by atoms with Gasteiger partial charge in [0.2, 0.25) is 0 Å². The van der Waals surface area contributed by atoms with Crippen LogP contribution in [0, 0.1) is 41.4 Å². The molecule has 0 amide bonds. The van der Waals surface area contributed by atoms with Crippen molar-refractivity contribution in [3.8, 4) is 5.75 Å². The maximum Gasteiger partial charge on any atom is 0.192 e. The Labute approximate surface area is 478 Å². The second-order valence-corrected chi connectivity index (χ2v) is 50.1. The van der Waals surface area contributed by atoms with E-state index >= 15 is 0 Å². The van der Waals surface area contributed by atoms with Crippen molar-refractivity contribution >= 4 is 51.3 Å². The Hall–Kier alpha value is -0.852. The molecule has 442 valence electrons. The van der Waals surface area contributed by atoms with Gasteiger partial charge in [-0.3, -0.25) is 0 Å². The minimum Gasteiger partial charge on any atom is -0.497 e. The number of methoxy groups -OCH3 is 1. The fourth-order valence-electron chi connectivity index (χ4n) is 9.65. The van der Waals surface area contributed by atoms with E-state index in [1.807, 2.05) is 43.0 Å². The van der Waals surface area contributed by atoms with Crippen LogP contribution in [-0.4, -0.2) is 94.5 Å². The van der Waals surface area contributed by atoms with E-state index in [4.69, 9.17) is 31.9 Å². The Morgan fingerprint density at radius 2 is 1.14 bits per heavy atom. The Morgan fingerprint density at radius 1 is 0.658 bits per heavy atom. The van der Waals surface area contributed by atoms with E-state index in [1.165, 1.54) is 5.57 Å². The summed E-state index contributed by atoms with van der Waals surface area (Å²) in [4.78, 5) is 12.6. The molecule has 1 aromatic carbocycles. The molecule has 13 heteroatoms. The van der Waals surface area contributed by atoms with E-state index in [1.54, 1.807) is 7.11 Å². The van der Waals surface area contributed by atoms with Crippen LogP contribution in [0.3, 0.4) is 0 Å². The molecule has 8 nitrogen and oxygen atoms in total. The molecule has 1 saturated heterocycles. The Kier molecular flexibility index (Phi) is 26.6. The van der Waals surface area contributed by atoms with Gasteiger partial charge in [0.15, 0.2) is 33.3 Å². The van der Waals surface area contributed by atoms with Crippen LogP contribution in [-0.2, 0) is 38.6 Å². The number of ether oxygens (including phenoxy) is 3. The third kappa shape index (κ3) is 20.0. The van der Waals surface area contributed by atoms with Gasteiger partial charge in [0.05, 0.1) is 50.3 Å². The highest BCUT2D eigenvalue weighted by Crippen LogP contribution is 2.47. The summed E-state index contributed by atoms with van der Waals surface area (Å²) in [5, 5.41) is 0.192. The molecule has 1 aromatic rings. The smallest absolute Gasteiger partial charge is 0.192 e. The quantitative estimate of drug-likeness (QED) is 0.0463. The largest absolute Gasteiger partial charge is 0.497 e. The van der Waals surface area contributed by atoms with Gasteiger partial charge in [0, 0.05) is 30.1 Å². The minimum absolute atomic E-state index is 0.00479. The number of aldehydes is 1. The summed E-state index contributed by atoms with van der Waals surface area (Å²) in [6.45, 7) is 67.9. The zero-order valence-corrected chi connectivity index (χ0v) is 59.5. The van der Waals surface area contributed by atoms with Crippen molar-refractivity contribution in [3.63, 3.8) is 0 Å². The molecule has 14 atom stereocenters. The Bertz CT molecular complexity index is 1960. The number of carbonyl (C=O) groups excluding carboxylic acids is 1. The summed E-state index contributed by atoms with van der Waals surface area (Å²) in [6, 6.07) is 7.98. The maximum atomic E-state index is 12.6. The second-order valence-electron chi connectivity index (χ2n) is 29.7. The van der Waals surface area contributed by atoms with Crippen LogP contribution in [0.1, 0.15) is 164 Å². The van der Waals surface area contributed by atoms with Crippen molar-refractivity contribution in [3.05, 3.63) is 53.6 Å². The lowest BCUT2D eigenvalue weighted by Crippen LogP contribution is -2.55. The molecule has 2 rings (SSSR count). The first-order valence-electron chi connectivity index (χ1n) is 29.4. The number of rotatable bonds is 28. The van der Waals surface area contributed by atoms with Gasteiger partial charge in [-0.2, -0.15) is 0 Å². The molecule has 1 heterocycles. The first-order chi connectivity index (χ1) is 34.4.